The predicted molar refractivity (Wildman–Crippen MR) is 160 cm³/mol. The lowest BCUT2D eigenvalue weighted by Crippen LogP contribution is -2.41. The molecule has 0 radical (unpaired) electrons. The summed E-state index contributed by atoms with van der Waals surface area (Å²) in [5, 5.41) is 3.63. The van der Waals surface area contributed by atoms with Gasteiger partial charge in [-0.15, -0.1) is 0 Å². The van der Waals surface area contributed by atoms with Crippen LogP contribution in [0.15, 0.2) is 108 Å². The summed E-state index contributed by atoms with van der Waals surface area (Å²) in [6.07, 6.45) is 0.623. The van der Waals surface area contributed by atoms with Gasteiger partial charge in [0.25, 0.3) is 0 Å². The molecule has 1 aliphatic heterocycles. The second kappa shape index (κ2) is 11.2. The standard InChI is InChI=1S/C35H36N2O2/c1-23-6-14-27(15-7-23)32-22-31(36-29-18-10-25(3)11-19-29)33(35(38)39-5)34(28-16-8-24(2)9-17-28)37(32)30-20-12-26(4)13-21-30/h6-21,32,34,36H,22H2,1-5H3/t32-,34+/m0/s1. The Bertz CT molecular complexity index is 1470. The van der Waals surface area contributed by atoms with Crippen LogP contribution in [-0.4, -0.2) is 13.1 Å². The molecular formula is C35H36N2O2. The molecule has 0 unspecified atom stereocenters. The van der Waals surface area contributed by atoms with Gasteiger partial charge in [0.1, 0.15) is 0 Å². The van der Waals surface area contributed by atoms with E-state index >= 15 is 0 Å². The number of carbonyl (C=O) groups is 1. The van der Waals surface area contributed by atoms with E-state index in [1.165, 1.54) is 34.9 Å². The maximum absolute atomic E-state index is 13.6. The van der Waals surface area contributed by atoms with E-state index in [-0.39, 0.29) is 18.1 Å². The van der Waals surface area contributed by atoms with Gasteiger partial charge in [-0.25, -0.2) is 4.79 Å². The van der Waals surface area contributed by atoms with E-state index in [1.807, 2.05) is 0 Å². The van der Waals surface area contributed by atoms with Crippen LogP contribution in [0.1, 0.15) is 51.9 Å². The van der Waals surface area contributed by atoms with Crippen molar-refractivity contribution in [1.82, 2.24) is 0 Å². The summed E-state index contributed by atoms with van der Waals surface area (Å²) >= 11 is 0. The summed E-state index contributed by atoms with van der Waals surface area (Å²) in [5.41, 5.74) is 10.5. The molecule has 0 spiro atoms. The minimum absolute atomic E-state index is 0.0130. The summed E-state index contributed by atoms with van der Waals surface area (Å²) in [4.78, 5) is 16.0. The molecule has 1 heterocycles. The van der Waals surface area contributed by atoms with Crippen LogP contribution in [0.2, 0.25) is 0 Å². The summed E-state index contributed by atoms with van der Waals surface area (Å²) in [6, 6.07) is 33.7. The van der Waals surface area contributed by atoms with Gasteiger partial charge in [0.05, 0.1) is 24.8 Å². The minimum atomic E-state index is -0.353. The molecule has 39 heavy (non-hydrogen) atoms. The van der Waals surface area contributed by atoms with Crippen molar-refractivity contribution < 1.29 is 9.53 Å². The van der Waals surface area contributed by atoms with E-state index in [0.717, 1.165) is 22.6 Å². The van der Waals surface area contributed by atoms with Crippen molar-refractivity contribution in [3.63, 3.8) is 0 Å². The van der Waals surface area contributed by atoms with E-state index in [2.05, 4.69) is 135 Å². The highest BCUT2D eigenvalue weighted by atomic mass is 16.5. The maximum Gasteiger partial charge on any atom is 0.337 e. The number of ether oxygens (including phenoxy) is 1. The van der Waals surface area contributed by atoms with Crippen LogP contribution in [0.4, 0.5) is 11.4 Å². The van der Waals surface area contributed by atoms with Gasteiger partial charge in [-0.3, -0.25) is 0 Å². The fourth-order valence-corrected chi connectivity index (χ4v) is 5.35. The van der Waals surface area contributed by atoms with E-state index in [9.17, 15) is 4.79 Å². The van der Waals surface area contributed by atoms with Gasteiger partial charge < -0.3 is 15.0 Å². The van der Waals surface area contributed by atoms with Crippen LogP contribution < -0.4 is 10.2 Å². The molecule has 4 heteroatoms. The quantitative estimate of drug-likeness (QED) is 0.263. The smallest absolute Gasteiger partial charge is 0.337 e. The van der Waals surface area contributed by atoms with Crippen LogP contribution in [0.25, 0.3) is 0 Å². The van der Waals surface area contributed by atoms with Gasteiger partial charge in [-0.05, 0) is 63.1 Å². The second-order valence-electron chi connectivity index (χ2n) is 10.6. The fraction of sp³-hybridized carbons (Fsp3) is 0.229. The minimum Gasteiger partial charge on any atom is -0.466 e. The largest absolute Gasteiger partial charge is 0.466 e. The number of carbonyl (C=O) groups excluding carboxylic acids is 1. The summed E-state index contributed by atoms with van der Waals surface area (Å²) < 4.78 is 5.45. The molecule has 198 valence electrons. The number of nitrogens with one attached hydrogen (secondary N) is 1. The molecule has 4 aromatic carbocycles. The molecule has 0 fully saturated rings. The lowest BCUT2D eigenvalue weighted by atomic mass is 9.83. The first-order valence-electron chi connectivity index (χ1n) is 13.5. The third kappa shape index (κ3) is 5.61. The third-order valence-corrected chi connectivity index (χ3v) is 7.55. The topological polar surface area (TPSA) is 41.6 Å². The molecule has 0 saturated heterocycles. The number of hydrogen-bond donors (Lipinski definition) is 1. The van der Waals surface area contributed by atoms with Gasteiger partial charge >= 0.3 is 5.97 Å². The van der Waals surface area contributed by atoms with Gasteiger partial charge in [-0.2, -0.15) is 0 Å². The first kappa shape index (κ1) is 26.3. The number of methoxy groups -OCH3 is 1. The number of rotatable bonds is 6. The molecule has 1 aliphatic rings. The van der Waals surface area contributed by atoms with Crippen molar-refractivity contribution in [1.29, 1.82) is 0 Å². The van der Waals surface area contributed by atoms with E-state index in [4.69, 9.17) is 4.74 Å². The number of anilines is 2. The first-order chi connectivity index (χ1) is 18.8. The van der Waals surface area contributed by atoms with Gasteiger partial charge in [0.15, 0.2) is 0 Å². The summed E-state index contributed by atoms with van der Waals surface area (Å²) in [5.74, 6) is -0.324. The Morgan fingerprint density at radius 1 is 0.692 bits per heavy atom. The predicted octanol–water partition coefficient (Wildman–Crippen LogP) is 8.15. The van der Waals surface area contributed by atoms with Crippen molar-refractivity contribution in [3.05, 3.63) is 142 Å². The zero-order chi connectivity index (χ0) is 27.5. The number of esters is 1. The van der Waals surface area contributed by atoms with E-state index < -0.39 is 0 Å². The Labute approximate surface area is 232 Å². The summed E-state index contributed by atoms with van der Waals surface area (Å²) in [6.45, 7) is 8.36. The van der Waals surface area contributed by atoms with E-state index in [0.29, 0.717) is 12.0 Å². The molecule has 0 saturated carbocycles. The van der Waals surface area contributed by atoms with Crippen molar-refractivity contribution in [3.8, 4) is 0 Å². The Morgan fingerprint density at radius 3 is 1.67 bits per heavy atom. The highest BCUT2D eigenvalue weighted by Gasteiger charge is 2.41. The highest BCUT2D eigenvalue weighted by Crippen LogP contribution is 2.48. The lowest BCUT2D eigenvalue weighted by molar-refractivity contribution is -0.136. The number of aryl methyl sites for hydroxylation is 4. The van der Waals surface area contributed by atoms with E-state index in [1.54, 1.807) is 0 Å². The molecule has 5 rings (SSSR count). The first-order valence-corrected chi connectivity index (χ1v) is 13.5. The van der Waals surface area contributed by atoms with Gasteiger partial charge in [0.2, 0.25) is 0 Å². The van der Waals surface area contributed by atoms with Crippen LogP contribution in [0.5, 0.6) is 0 Å². The summed E-state index contributed by atoms with van der Waals surface area (Å²) in [7, 11) is 1.47. The molecule has 4 aromatic rings. The molecule has 0 aliphatic carbocycles. The average Bonchev–Trinajstić information content (AvgIpc) is 2.95. The van der Waals surface area contributed by atoms with Gasteiger partial charge in [0, 0.05) is 23.5 Å². The normalized spacial score (nSPS) is 17.2. The average molecular weight is 517 g/mol. The number of benzene rings is 4. The number of nitrogens with zero attached hydrogens (tertiary/aromatic N) is 1. The zero-order valence-corrected chi connectivity index (χ0v) is 23.4. The van der Waals surface area contributed by atoms with Crippen LogP contribution in [0.3, 0.4) is 0 Å². The Morgan fingerprint density at radius 2 is 1.15 bits per heavy atom. The lowest BCUT2D eigenvalue weighted by Gasteiger charge is -2.46. The molecule has 0 bridgehead atoms. The second-order valence-corrected chi connectivity index (χ2v) is 10.6. The van der Waals surface area contributed by atoms with Crippen molar-refractivity contribution in [2.45, 2.75) is 46.2 Å². The van der Waals surface area contributed by atoms with Crippen LogP contribution in [-0.2, 0) is 9.53 Å². The zero-order valence-electron chi connectivity index (χ0n) is 23.4. The molecule has 0 aromatic heterocycles. The molecule has 1 N–H and O–H groups in total. The van der Waals surface area contributed by atoms with Crippen molar-refractivity contribution >= 4 is 17.3 Å². The Balaban J connectivity index is 1.77. The maximum atomic E-state index is 13.6. The highest BCUT2D eigenvalue weighted by molar-refractivity contribution is 5.93. The fourth-order valence-electron chi connectivity index (χ4n) is 5.35. The molecule has 4 nitrogen and oxygen atoms in total. The van der Waals surface area contributed by atoms with Crippen molar-refractivity contribution in [2.75, 3.05) is 17.3 Å². The SMILES string of the molecule is COC(=O)C1=C(Nc2ccc(C)cc2)C[C@@H](c2ccc(C)cc2)N(c2ccc(C)cc2)[C@@H]1c1ccc(C)cc1. The van der Waals surface area contributed by atoms with Crippen LogP contribution >= 0.6 is 0 Å². The molecule has 0 amide bonds. The molecular weight excluding hydrogens is 480 g/mol. The molecule has 2 atom stereocenters. The monoisotopic (exact) mass is 516 g/mol. The Hall–Kier alpha value is -4.31. The van der Waals surface area contributed by atoms with Crippen LogP contribution in [0, 0.1) is 27.7 Å². The Kier molecular flexibility index (Phi) is 7.56. The van der Waals surface area contributed by atoms with Crippen molar-refractivity contribution in [2.24, 2.45) is 0 Å². The third-order valence-electron chi connectivity index (χ3n) is 7.55. The van der Waals surface area contributed by atoms with Gasteiger partial charge in [-0.1, -0.05) is 95.1 Å². The number of hydrogen-bond acceptors (Lipinski definition) is 4.